The van der Waals surface area contributed by atoms with Crippen LogP contribution in [-0.2, 0) is 0 Å². The SMILES string of the molecule is c1ccc(-c2ccc(N(c3ccc(-c4ccccc4)cc3)c3ccc4c(c3)oc3ccc5ccc(-c6cccc7c8ccccc8n(-c8ccccc8)c67)cc5c34)cc2)cc1. The van der Waals surface area contributed by atoms with Gasteiger partial charge in [0.1, 0.15) is 11.2 Å². The van der Waals surface area contributed by atoms with E-state index in [-0.39, 0.29) is 0 Å². The van der Waals surface area contributed by atoms with Crippen LogP contribution in [0.15, 0.2) is 235 Å². The molecule has 286 valence electrons. The van der Waals surface area contributed by atoms with E-state index in [4.69, 9.17) is 4.42 Å². The van der Waals surface area contributed by atoms with E-state index in [0.29, 0.717) is 0 Å². The Kier molecular flexibility index (Phi) is 8.17. The van der Waals surface area contributed by atoms with Gasteiger partial charge in [-0.25, -0.2) is 0 Å². The fraction of sp³-hybridized carbons (Fsp3) is 0. The molecule has 0 N–H and O–H groups in total. The number of hydrogen-bond acceptors (Lipinski definition) is 2. The van der Waals surface area contributed by atoms with Crippen LogP contribution in [-0.4, -0.2) is 4.57 Å². The highest BCUT2D eigenvalue weighted by Crippen LogP contribution is 2.43. The molecule has 0 fully saturated rings. The second kappa shape index (κ2) is 14.3. The molecule has 0 saturated heterocycles. The highest BCUT2D eigenvalue weighted by Gasteiger charge is 2.20. The van der Waals surface area contributed by atoms with Crippen LogP contribution >= 0.6 is 0 Å². The quantitative estimate of drug-likeness (QED) is 0.161. The lowest BCUT2D eigenvalue weighted by molar-refractivity contribution is 0.669. The number of aromatic nitrogens is 1. The molecule has 3 nitrogen and oxygen atoms in total. The van der Waals surface area contributed by atoms with Crippen LogP contribution in [0.25, 0.3) is 93.6 Å². The van der Waals surface area contributed by atoms with Crippen LogP contribution in [0.3, 0.4) is 0 Å². The third kappa shape index (κ3) is 5.90. The third-order valence-electron chi connectivity index (χ3n) is 12.2. The number of anilines is 3. The summed E-state index contributed by atoms with van der Waals surface area (Å²) in [4.78, 5) is 2.32. The third-order valence-corrected chi connectivity index (χ3v) is 12.2. The Morgan fingerprint density at radius 1 is 0.344 bits per heavy atom. The van der Waals surface area contributed by atoms with Gasteiger partial charge in [0.05, 0.1) is 11.0 Å². The zero-order chi connectivity index (χ0) is 40.3. The van der Waals surface area contributed by atoms with Gasteiger partial charge in [0.15, 0.2) is 0 Å². The van der Waals surface area contributed by atoms with Crippen molar-refractivity contribution in [3.05, 3.63) is 231 Å². The van der Waals surface area contributed by atoms with Crippen LogP contribution < -0.4 is 4.90 Å². The molecule has 0 bridgehead atoms. The van der Waals surface area contributed by atoms with Crippen molar-refractivity contribution in [3.8, 4) is 39.1 Å². The molecule has 12 rings (SSSR count). The molecule has 0 amide bonds. The molecule has 0 atom stereocenters. The van der Waals surface area contributed by atoms with Gasteiger partial charge in [0.25, 0.3) is 0 Å². The summed E-state index contributed by atoms with van der Waals surface area (Å²) in [5.41, 5.74) is 15.6. The number of para-hydroxylation sites is 3. The first-order valence-electron chi connectivity index (χ1n) is 20.8. The van der Waals surface area contributed by atoms with Gasteiger partial charge in [-0.3, -0.25) is 0 Å². The summed E-state index contributed by atoms with van der Waals surface area (Å²) in [5.74, 6) is 0. The van der Waals surface area contributed by atoms with Gasteiger partial charge in [-0.15, -0.1) is 0 Å². The van der Waals surface area contributed by atoms with E-state index >= 15 is 0 Å². The highest BCUT2D eigenvalue weighted by molar-refractivity contribution is 6.20. The minimum atomic E-state index is 0.850. The van der Waals surface area contributed by atoms with Gasteiger partial charge in [0, 0.05) is 55.9 Å². The molecule has 0 radical (unpaired) electrons. The molecular weight excluding hydrogens is 741 g/mol. The van der Waals surface area contributed by atoms with Gasteiger partial charge in [-0.2, -0.15) is 0 Å². The van der Waals surface area contributed by atoms with Crippen LogP contribution in [0.4, 0.5) is 17.1 Å². The van der Waals surface area contributed by atoms with Crippen molar-refractivity contribution in [3.63, 3.8) is 0 Å². The molecule has 3 heteroatoms. The molecule has 0 aliphatic heterocycles. The Morgan fingerprint density at radius 2 is 0.902 bits per heavy atom. The molecule has 0 spiro atoms. The molecule has 12 aromatic rings. The van der Waals surface area contributed by atoms with E-state index in [9.17, 15) is 0 Å². The van der Waals surface area contributed by atoms with Crippen molar-refractivity contribution in [2.45, 2.75) is 0 Å². The largest absolute Gasteiger partial charge is 0.456 e. The molecule has 2 aromatic heterocycles. The van der Waals surface area contributed by atoms with E-state index in [1.807, 2.05) is 0 Å². The average molecular weight is 779 g/mol. The van der Waals surface area contributed by atoms with E-state index in [1.54, 1.807) is 0 Å². The molecular formula is C58H38N2O. The first-order chi connectivity index (χ1) is 30.2. The standard InChI is InChI=1S/C58H38N2O/c1-4-13-39(14-5-1)41-25-30-46(31-26-41)59(47-32-27-42(28-33-47)40-15-6-2-7-16-40)48-34-35-52-56(38-48)61-55-36-29-43-23-24-44(37-53(43)57(52)55)49-20-12-21-51-50-19-10-11-22-54(50)60(58(49)51)45-17-8-3-9-18-45/h1-38H. The number of rotatable bonds is 7. The van der Waals surface area contributed by atoms with E-state index < -0.39 is 0 Å². The number of fused-ring (bicyclic) bond motifs is 8. The molecule has 0 unspecified atom stereocenters. The normalized spacial score (nSPS) is 11.6. The molecule has 2 heterocycles. The summed E-state index contributed by atoms with van der Waals surface area (Å²) in [6.45, 7) is 0. The zero-order valence-corrected chi connectivity index (χ0v) is 33.2. The molecule has 0 aliphatic carbocycles. The van der Waals surface area contributed by atoms with Crippen LogP contribution in [0.2, 0.25) is 0 Å². The van der Waals surface area contributed by atoms with Crippen LogP contribution in [0.1, 0.15) is 0 Å². The lowest BCUT2D eigenvalue weighted by atomic mass is 9.96. The maximum absolute atomic E-state index is 6.78. The summed E-state index contributed by atoms with van der Waals surface area (Å²) in [6.07, 6.45) is 0. The predicted octanol–water partition coefficient (Wildman–Crippen LogP) is 16.3. The molecule has 61 heavy (non-hydrogen) atoms. The fourth-order valence-corrected chi connectivity index (χ4v) is 9.30. The van der Waals surface area contributed by atoms with Crippen molar-refractivity contribution in [1.29, 1.82) is 0 Å². The molecule has 0 saturated carbocycles. The topological polar surface area (TPSA) is 21.3 Å². The maximum atomic E-state index is 6.78. The Bertz CT molecular complexity index is 3470. The first kappa shape index (κ1) is 34.9. The number of furan rings is 1. The smallest absolute Gasteiger partial charge is 0.137 e. The van der Waals surface area contributed by atoms with E-state index in [1.165, 1.54) is 66.0 Å². The van der Waals surface area contributed by atoms with Crippen LogP contribution in [0, 0.1) is 0 Å². The fourth-order valence-electron chi connectivity index (χ4n) is 9.30. The Hall–Kier alpha value is -8.14. The van der Waals surface area contributed by atoms with Gasteiger partial charge < -0.3 is 13.9 Å². The van der Waals surface area contributed by atoms with Crippen molar-refractivity contribution < 1.29 is 4.42 Å². The summed E-state index contributed by atoms with van der Waals surface area (Å²) < 4.78 is 9.19. The second-order valence-corrected chi connectivity index (χ2v) is 15.7. The van der Waals surface area contributed by atoms with E-state index in [2.05, 4.69) is 240 Å². The summed E-state index contributed by atoms with van der Waals surface area (Å²) >= 11 is 0. The van der Waals surface area contributed by atoms with Gasteiger partial charge in [0.2, 0.25) is 0 Å². The lowest BCUT2D eigenvalue weighted by Crippen LogP contribution is -2.09. The highest BCUT2D eigenvalue weighted by atomic mass is 16.3. The van der Waals surface area contributed by atoms with Crippen molar-refractivity contribution in [1.82, 2.24) is 4.57 Å². The minimum Gasteiger partial charge on any atom is -0.456 e. The molecule has 10 aromatic carbocycles. The predicted molar refractivity (Wildman–Crippen MR) is 257 cm³/mol. The van der Waals surface area contributed by atoms with Gasteiger partial charge in [-0.05, 0) is 105 Å². The first-order valence-corrected chi connectivity index (χ1v) is 20.8. The Balaban J connectivity index is 1.00. The van der Waals surface area contributed by atoms with Crippen molar-refractivity contribution in [2.24, 2.45) is 0 Å². The van der Waals surface area contributed by atoms with E-state index in [0.717, 1.165) is 44.7 Å². The minimum absolute atomic E-state index is 0.850. The monoisotopic (exact) mass is 778 g/mol. The summed E-state index contributed by atoms with van der Waals surface area (Å²) in [6, 6.07) is 82.7. The molecule has 0 aliphatic rings. The zero-order valence-electron chi connectivity index (χ0n) is 33.2. The van der Waals surface area contributed by atoms with Gasteiger partial charge >= 0.3 is 0 Å². The summed E-state index contributed by atoms with van der Waals surface area (Å²) in [7, 11) is 0. The van der Waals surface area contributed by atoms with Crippen LogP contribution in [0.5, 0.6) is 0 Å². The Labute approximate surface area is 353 Å². The number of hydrogen-bond donors (Lipinski definition) is 0. The number of benzene rings is 10. The summed E-state index contributed by atoms with van der Waals surface area (Å²) in [5, 5.41) is 7.06. The Morgan fingerprint density at radius 3 is 1.59 bits per heavy atom. The second-order valence-electron chi connectivity index (χ2n) is 15.7. The van der Waals surface area contributed by atoms with Gasteiger partial charge in [-0.1, -0.05) is 158 Å². The lowest BCUT2D eigenvalue weighted by Gasteiger charge is -2.26. The number of nitrogens with zero attached hydrogens (tertiary/aromatic N) is 2. The maximum Gasteiger partial charge on any atom is 0.137 e. The average Bonchev–Trinajstić information content (AvgIpc) is 3.89. The van der Waals surface area contributed by atoms with Crippen molar-refractivity contribution in [2.75, 3.05) is 4.90 Å². The van der Waals surface area contributed by atoms with Crippen molar-refractivity contribution >= 4 is 71.6 Å².